The lowest BCUT2D eigenvalue weighted by Crippen LogP contribution is -2.27. The quantitative estimate of drug-likeness (QED) is 0.723. The van der Waals surface area contributed by atoms with Crippen molar-refractivity contribution in [2.45, 2.75) is 18.6 Å². The average Bonchev–Trinajstić information content (AvgIpc) is 3.36. The van der Waals surface area contributed by atoms with E-state index in [4.69, 9.17) is 9.47 Å². The van der Waals surface area contributed by atoms with E-state index in [1.165, 1.54) is 12.8 Å². The van der Waals surface area contributed by atoms with Gasteiger partial charge in [-0.2, -0.15) is 0 Å². The van der Waals surface area contributed by atoms with Gasteiger partial charge in [0.15, 0.2) is 11.5 Å². The Hall–Kier alpha value is -1.73. The van der Waals surface area contributed by atoms with Gasteiger partial charge in [0.05, 0.1) is 25.7 Å². The largest absolute Gasteiger partial charge is 0.493 e. The molecule has 5 nitrogen and oxygen atoms in total. The van der Waals surface area contributed by atoms with Gasteiger partial charge in [0.2, 0.25) is 5.91 Å². The number of nitrogens with one attached hydrogen (secondary N) is 1. The fraction of sp³-hybridized carbons (Fsp3) is 0.444. The Morgan fingerprint density at radius 2 is 2.12 bits per heavy atom. The smallest absolute Gasteiger partial charge is 0.230 e. The Labute approximate surface area is 156 Å². The topological polar surface area (TPSA) is 60.5 Å². The summed E-state index contributed by atoms with van der Waals surface area (Å²) in [5, 5.41) is 5.96. The first kappa shape index (κ1) is 18.1. The van der Waals surface area contributed by atoms with Crippen LogP contribution in [0.4, 0.5) is 0 Å². The van der Waals surface area contributed by atoms with Crippen LogP contribution in [0.25, 0.3) is 10.6 Å². The maximum Gasteiger partial charge on any atom is 0.230 e. The third-order valence-corrected chi connectivity index (χ3v) is 5.86. The number of ether oxygens (including phenoxy) is 2. The second kappa shape index (κ2) is 8.58. The van der Waals surface area contributed by atoms with E-state index in [0.717, 1.165) is 34.5 Å². The summed E-state index contributed by atoms with van der Waals surface area (Å²) < 4.78 is 10.6. The first-order valence-corrected chi connectivity index (χ1v) is 10.2. The van der Waals surface area contributed by atoms with E-state index in [9.17, 15) is 4.79 Å². The van der Waals surface area contributed by atoms with E-state index in [1.54, 1.807) is 37.3 Å². The molecule has 1 heterocycles. The first-order valence-electron chi connectivity index (χ1n) is 8.21. The summed E-state index contributed by atoms with van der Waals surface area (Å²) in [5.74, 6) is 3.45. The predicted octanol–water partition coefficient (Wildman–Crippen LogP) is 3.59. The van der Waals surface area contributed by atoms with Crippen molar-refractivity contribution in [1.82, 2.24) is 10.3 Å². The molecule has 1 aromatic carbocycles. The molecule has 1 fully saturated rings. The zero-order valence-electron chi connectivity index (χ0n) is 14.4. The molecule has 0 radical (unpaired) electrons. The lowest BCUT2D eigenvalue weighted by molar-refractivity contribution is -0.118. The number of benzene rings is 1. The Morgan fingerprint density at radius 3 is 2.84 bits per heavy atom. The van der Waals surface area contributed by atoms with E-state index in [1.807, 2.05) is 23.6 Å². The van der Waals surface area contributed by atoms with Crippen LogP contribution in [-0.4, -0.2) is 37.4 Å². The van der Waals surface area contributed by atoms with Crippen LogP contribution in [-0.2, 0) is 10.5 Å². The third kappa shape index (κ3) is 5.12. The molecule has 3 rings (SSSR count). The zero-order chi connectivity index (χ0) is 17.6. The molecule has 0 unspecified atom stereocenters. The number of rotatable bonds is 9. The maximum atomic E-state index is 11.7. The molecule has 2 aromatic rings. The van der Waals surface area contributed by atoms with Gasteiger partial charge in [0.1, 0.15) is 5.01 Å². The summed E-state index contributed by atoms with van der Waals surface area (Å²) in [4.78, 5) is 16.4. The molecule has 25 heavy (non-hydrogen) atoms. The highest BCUT2D eigenvalue weighted by atomic mass is 32.2. The number of amides is 1. The van der Waals surface area contributed by atoms with Crippen LogP contribution in [0.15, 0.2) is 23.6 Å². The van der Waals surface area contributed by atoms with Gasteiger partial charge in [-0.25, -0.2) is 4.98 Å². The van der Waals surface area contributed by atoms with Crippen molar-refractivity contribution < 1.29 is 14.3 Å². The highest BCUT2D eigenvalue weighted by Crippen LogP contribution is 2.34. The summed E-state index contributed by atoms with van der Waals surface area (Å²) >= 11 is 3.19. The molecule has 134 valence electrons. The van der Waals surface area contributed by atoms with Gasteiger partial charge in [-0.3, -0.25) is 4.79 Å². The van der Waals surface area contributed by atoms with E-state index >= 15 is 0 Å². The van der Waals surface area contributed by atoms with E-state index < -0.39 is 0 Å². The number of hydrogen-bond acceptors (Lipinski definition) is 6. The molecule has 1 aliphatic carbocycles. The summed E-state index contributed by atoms with van der Waals surface area (Å²) in [6, 6.07) is 5.79. The number of carbonyl (C=O) groups is 1. The minimum absolute atomic E-state index is 0.118. The highest BCUT2D eigenvalue weighted by Gasteiger charge is 2.21. The van der Waals surface area contributed by atoms with Crippen LogP contribution in [0.3, 0.4) is 0 Å². The monoisotopic (exact) mass is 378 g/mol. The first-order chi connectivity index (χ1) is 12.2. The number of thioether (sulfide) groups is 1. The number of carbonyl (C=O) groups excluding carboxylic acids is 1. The summed E-state index contributed by atoms with van der Waals surface area (Å²) in [6.45, 7) is 0.833. The fourth-order valence-electron chi connectivity index (χ4n) is 2.35. The van der Waals surface area contributed by atoms with Gasteiger partial charge in [-0.05, 0) is 37.0 Å². The van der Waals surface area contributed by atoms with E-state index in [-0.39, 0.29) is 5.91 Å². The lowest BCUT2D eigenvalue weighted by Gasteiger charge is -2.08. The molecule has 7 heteroatoms. The SMILES string of the molecule is COc1ccc(-c2nc(CSCC(=O)NCC3CC3)cs2)cc1OC. The van der Waals surface area contributed by atoms with Crippen LogP contribution in [0.1, 0.15) is 18.5 Å². The minimum Gasteiger partial charge on any atom is -0.493 e. The van der Waals surface area contributed by atoms with Crippen molar-refractivity contribution in [3.63, 3.8) is 0 Å². The van der Waals surface area contributed by atoms with Gasteiger partial charge in [-0.1, -0.05) is 0 Å². The van der Waals surface area contributed by atoms with Crippen molar-refractivity contribution in [3.05, 3.63) is 29.3 Å². The molecular weight excluding hydrogens is 356 g/mol. The molecule has 1 saturated carbocycles. The molecule has 1 aliphatic rings. The van der Waals surface area contributed by atoms with Gasteiger partial charge < -0.3 is 14.8 Å². The molecule has 0 aliphatic heterocycles. The normalized spacial score (nSPS) is 13.5. The summed E-state index contributed by atoms with van der Waals surface area (Å²) in [5.41, 5.74) is 2.00. The number of aromatic nitrogens is 1. The van der Waals surface area contributed by atoms with Gasteiger partial charge in [0, 0.05) is 23.2 Å². The van der Waals surface area contributed by atoms with Crippen molar-refractivity contribution >= 4 is 29.0 Å². The van der Waals surface area contributed by atoms with Crippen LogP contribution >= 0.6 is 23.1 Å². The molecule has 0 spiro atoms. The zero-order valence-corrected chi connectivity index (χ0v) is 16.0. The molecule has 0 atom stereocenters. The minimum atomic E-state index is 0.118. The van der Waals surface area contributed by atoms with Crippen molar-refractivity contribution in [1.29, 1.82) is 0 Å². The Balaban J connectivity index is 1.52. The molecule has 1 N–H and O–H groups in total. The highest BCUT2D eigenvalue weighted by molar-refractivity contribution is 7.99. The second-order valence-corrected chi connectivity index (χ2v) is 7.80. The van der Waals surface area contributed by atoms with E-state index in [0.29, 0.717) is 17.3 Å². The average molecular weight is 379 g/mol. The molecule has 1 amide bonds. The van der Waals surface area contributed by atoms with E-state index in [2.05, 4.69) is 10.3 Å². The molecule has 0 bridgehead atoms. The number of hydrogen-bond donors (Lipinski definition) is 1. The fourth-order valence-corrected chi connectivity index (χ4v) is 4.02. The van der Waals surface area contributed by atoms with Crippen molar-refractivity contribution in [3.8, 4) is 22.1 Å². The Kier molecular flexibility index (Phi) is 6.20. The van der Waals surface area contributed by atoms with Crippen LogP contribution in [0.5, 0.6) is 11.5 Å². The number of methoxy groups -OCH3 is 2. The van der Waals surface area contributed by atoms with Gasteiger partial charge in [-0.15, -0.1) is 23.1 Å². The predicted molar refractivity (Wildman–Crippen MR) is 103 cm³/mol. The van der Waals surface area contributed by atoms with Gasteiger partial charge >= 0.3 is 0 Å². The lowest BCUT2D eigenvalue weighted by atomic mass is 10.2. The Bertz CT molecular complexity index is 729. The Morgan fingerprint density at radius 1 is 1.32 bits per heavy atom. The number of thiazole rings is 1. The third-order valence-electron chi connectivity index (χ3n) is 3.95. The molecule has 0 saturated heterocycles. The molecular formula is C18H22N2O3S2. The van der Waals surface area contributed by atoms with Crippen LogP contribution in [0.2, 0.25) is 0 Å². The number of nitrogens with zero attached hydrogens (tertiary/aromatic N) is 1. The summed E-state index contributed by atoms with van der Waals surface area (Å²) in [6.07, 6.45) is 2.51. The van der Waals surface area contributed by atoms with Crippen molar-refractivity contribution in [2.24, 2.45) is 5.92 Å². The summed E-state index contributed by atoms with van der Waals surface area (Å²) in [7, 11) is 3.25. The second-order valence-electron chi connectivity index (χ2n) is 5.95. The van der Waals surface area contributed by atoms with Crippen LogP contribution in [0, 0.1) is 5.92 Å². The van der Waals surface area contributed by atoms with Crippen LogP contribution < -0.4 is 14.8 Å². The maximum absolute atomic E-state index is 11.7. The van der Waals surface area contributed by atoms with Crippen molar-refractivity contribution in [2.75, 3.05) is 26.5 Å². The molecule has 1 aromatic heterocycles. The van der Waals surface area contributed by atoms with Gasteiger partial charge in [0.25, 0.3) is 0 Å². The standard InChI is InChI=1S/C18H22N2O3S2/c1-22-15-6-5-13(7-16(15)23-2)18-20-14(10-25-18)9-24-11-17(21)19-8-12-3-4-12/h5-7,10,12H,3-4,8-9,11H2,1-2H3,(H,19,21).